The Morgan fingerprint density at radius 3 is 2.79 bits per heavy atom. The zero-order chi connectivity index (χ0) is 13.7. The lowest BCUT2D eigenvalue weighted by Gasteiger charge is -2.33. The summed E-state index contributed by atoms with van der Waals surface area (Å²) in [4.78, 5) is 2.48. The van der Waals surface area contributed by atoms with Crippen LogP contribution in [-0.2, 0) is 13.1 Å². The zero-order valence-corrected chi connectivity index (χ0v) is 12.5. The number of nitrogens with zero attached hydrogens (tertiary/aromatic N) is 2. The molecule has 0 unspecified atom stereocenters. The number of rotatable bonds is 6. The maximum absolute atomic E-state index is 5.41. The van der Waals surface area contributed by atoms with Gasteiger partial charge >= 0.3 is 0 Å². The van der Waals surface area contributed by atoms with Crippen molar-refractivity contribution in [2.24, 2.45) is 11.8 Å². The first-order chi connectivity index (χ1) is 9.19. The Hall–Kier alpha value is -0.870. The molecule has 0 spiro atoms. The minimum atomic E-state index is 0.801. The molecule has 1 saturated heterocycles. The van der Waals surface area contributed by atoms with Crippen molar-refractivity contribution in [3.05, 3.63) is 17.5 Å². The van der Waals surface area contributed by atoms with Crippen molar-refractivity contribution < 1.29 is 4.52 Å². The van der Waals surface area contributed by atoms with Crippen LogP contribution in [0.3, 0.4) is 0 Å². The van der Waals surface area contributed by atoms with Crippen molar-refractivity contribution >= 4 is 0 Å². The standard InChI is InChI=1S/C15H27N3O/c1-4-16-10-14-9-15(19-17-14)11-18-7-5-13(6-8-18)12(2)3/h9,12-13,16H,4-8,10-11H2,1-3H3. The van der Waals surface area contributed by atoms with Gasteiger partial charge in [-0.15, -0.1) is 0 Å². The van der Waals surface area contributed by atoms with Crippen LogP contribution >= 0.6 is 0 Å². The van der Waals surface area contributed by atoms with Gasteiger partial charge in [-0.25, -0.2) is 0 Å². The van der Waals surface area contributed by atoms with Gasteiger partial charge in [-0.2, -0.15) is 0 Å². The lowest BCUT2D eigenvalue weighted by Crippen LogP contribution is -2.34. The lowest BCUT2D eigenvalue weighted by atomic mass is 9.87. The van der Waals surface area contributed by atoms with Crippen molar-refractivity contribution in [2.45, 2.75) is 46.7 Å². The average Bonchev–Trinajstić information content (AvgIpc) is 2.84. The van der Waals surface area contributed by atoms with Gasteiger partial charge in [0.1, 0.15) is 0 Å². The van der Waals surface area contributed by atoms with Crippen molar-refractivity contribution in [1.29, 1.82) is 0 Å². The molecule has 0 aliphatic carbocycles. The molecule has 0 aromatic carbocycles. The van der Waals surface area contributed by atoms with Crippen LogP contribution in [-0.4, -0.2) is 29.7 Å². The largest absolute Gasteiger partial charge is 0.360 e. The molecule has 1 aliphatic heterocycles. The molecule has 1 N–H and O–H groups in total. The van der Waals surface area contributed by atoms with E-state index in [-0.39, 0.29) is 0 Å². The van der Waals surface area contributed by atoms with E-state index in [4.69, 9.17) is 4.52 Å². The van der Waals surface area contributed by atoms with Crippen LogP contribution in [0.1, 0.15) is 45.1 Å². The van der Waals surface area contributed by atoms with Crippen LogP contribution in [0.2, 0.25) is 0 Å². The zero-order valence-electron chi connectivity index (χ0n) is 12.5. The van der Waals surface area contributed by atoms with E-state index in [0.29, 0.717) is 0 Å². The van der Waals surface area contributed by atoms with Crippen molar-refractivity contribution in [3.63, 3.8) is 0 Å². The molecule has 0 amide bonds. The van der Waals surface area contributed by atoms with E-state index in [1.165, 1.54) is 25.9 Å². The minimum absolute atomic E-state index is 0.801. The molecule has 0 bridgehead atoms. The third-order valence-corrected chi connectivity index (χ3v) is 4.12. The van der Waals surface area contributed by atoms with Crippen LogP contribution in [0.25, 0.3) is 0 Å². The van der Waals surface area contributed by atoms with Gasteiger partial charge in [-0.1, -0.05) is 25.9 Å². The minimum Gasteiger partial charge on any atom is -0.360 e. The number of aromatic nitrogens is 1. The average molecular weight is 265 g/mol. The normalized spacial score (nSPS) is 18.3. The summed E-state index contributed by atoms with van der Waals surface area (Å²) in [5.41, 5.74) is 1.01. The summed E-state index contributed by atoms with van der Waals surface area (Å²) in [7, 11) is 0. The van der Waals surface area contributed by atoms with Crippen molar-refractivity contribution in [3.8, 4) is 0 Å². The fourth-order valence-electron chi connectivity index (χ4n) is 2.76. The summed E-state index contributed by atoms with van der Waals surface area (Å²) in [6, 6.07) is 2.08. The molecule has 0 atom stereocenters. The molecular weight excluding hydrogens is 238 g/mol. The van der Waals surface area contributed by atoms with Crippen LogP contribution in [0, 0.1) is 11.8 Å². The van der Waals surface area contributed by atoms with Crippen molar-refractivity contribution in [1.82, 2.24) is 15.4 Å². The van der Waals surface area contributed by atoms with Gasteiger partial charge in [-0.05, 0) is 44.3 Å². The molecule has 0 radical (unpaired) electrons. The fraction of sp³-hybridized carbons (Fsp3) is 0.800. The fourth-order valence-corrected chi connectivity index (χ4v) is 2.76. The number of piperidine rings is 1. The molecule has 108 valence electrons. The Labute approximate surface area is 116 Å². The first kappa shape index (κ1) is 14.5. The third kappa shape index (κ3) is 4.32. The van der Waals surface area contributed by atoms with Crippen LogP contribution < -0.4 is 5.32 Å². The molecule has 1 aliphatic rings. The Morgan fingerprint density at radius 2 is 2.16 bits per heavy atom. The van der Waals surface area contributed by atoms with Gasteiger partial charge in [0.25, 0.3) is 0 Å². The monoisotopic (exact) mass is 265 g/mol. The first-order valence-electron chi connectivity index (χ1n) is 7.56. The summed E-state index contributed by atoms with van der Waals surface area (Å²) >= 11 is 0. The van der Waals surface area contributed by atoms with Gasteiger partial charge < -0.3 is 9.84 Å². The van der Waals surface area contributed by atoms with Crippen LogP contribution in [0.15, 0.2) is 10.6 Å². The van der Waals surface area contributed by atoms with E-state index in [9.17, 15) is 0 Å². The molecule has 4 heteroatoms. The third-order valence-electron chi connectivity index (χ3n) is 4.12. The Balaban J connectivity index is 1.77. The van der Waals surface area contributed by atoms with E-state index in [0.717, 1.165) is 42.9 Å². The number of likely N-dealkylation sites (tertiary alicyclic amines) is 1. The van der Waals surface area contributed by atoms with E-state index < -0.39 is 0 Å². The number of hydrogen-bond donors (Lipinski definition) is 1. The predicted octanol–water partition coefficient (Wildman–Crippen LogP) is 2.65. The second-order valence-corrected chi connectivity index (χ2v) is 5.92. The highest BCUT2D eigenvalue weighted by molar-refractivity contribution is 5.05. The maximum Gasteiger partial charge on any atom is 0.151 e. The molecular formula is C15H27N3O. The highest BCUT2D eigenvalue weighted by Gasteiger charge is 2.22. The van der Waals surface area contributed by atoms with E-state index in [1.54, 1.807) is 0 Å². The summed E-state index contributed by atoms with van der Waals surface area (Å²) < 4.78 is 5.41. The van der Waals surface area contributed by atoms with Gasteiger partial charge in [0, 0.05) is 12.6 Å². The molecule has 0 saturated carbocycles. The summed E-state index contributed by atoms with van der Waals surface area (Å²) in [5, 5.41) is 7.36. The Morgan fingerprint density at radius 1 is 1.42 bits per heavy atom. The number of nitrogens with one attached hydrogen (secondary N) is 1. The van der Waals surface area contributed by atoms with Crippen molar-refractivity contribution in [2.75, 3.05) is 19.6 Å². The second-order valence-electron chi connectivity index (χ2n) is 5.92. The van der Waals surface area contributed by atoms with Gasteiger partial charge in [-0.3, -0.25) is 4.90 Å². The molecule has 2 rings (SSSR count). The number of hydrogen-bond acceptors (Lipinski definition) is 4. The highest BCUT2D eigenvalue weighted by Crippen LogP contribution is 2.25. The van der Waals surface area contributed by atoms with Gasteiger partial charge in [0.05, 0.1) is 12.2 Å². The highest BCUT2D eigenvalue weighted by atomic mass is 16.5. The summed E-state index contributed by atoms with van der Waals surface area (Å²) in [6.45, 7) is 11.8. The molecule has 4 nitrogen and oxygen atoms in total. The first-order valence-corrected chi connectivity index (χ1v) is 7.56. The molecule has 1 aromatic rings. The van der Waals surface area contributed by atoms with E-state index in [2.05, 4.69) is 42.2 Å². The van der Waals surface area contributed by atoms with Crippen LogP contribution in [0.5, 0.6) is 0 Å². The summed E-state index contributed by atoms with van der Waals surface area (Å²) in [5.74, 6) is 2.71. The van der Waals surface area contributed by atoms with Crippen LogP contribution in [0.4, 0.5) is 0 Å². The molecule has 19 heavy (non-hydrogen) atoms. The molecule has 1 fully saturated rings. The molecule has 2 heterocycles. The summed E-state index contributed by atoms with van der Waals surface area (Å²) in [6.07, 6.45) is 2.63. The molecule has 1 aromatic heterocycles. The maximum atomic E-state index is 5.41. The smallest absolute Gasteiger partial charge is 0.151 e. The SMILES string of the molecule is CCNCc1cc(CN2CCC(C(C)C)CC2)on1. The quantitative estimate of drug-likeness (QED) is 0.858. The predicted molar refractivity (Wildman–Crippen MR) is 76.7 cm³/mol. The van der Waals surface area contributed by atoms with Gasteiger partial charge in [0.2, 0.25) is 0 Å². The van der Waals surface area contributed by atoms with E-state index >= 15 is 0 Å². The second kappa shape index (κ2) is 7.06. The van der Waals surface area contributed by atoms with Gasteiger partial charge in [0.15, 0.2) is 5.76 Å². The lowest BCUT2D eigenvalue weighted by molar-refractivity contribution is 0.140. The topological polar surface area (TPSA) is 41.3 Å². The Kier molecular flexibility index (Phi) is 5.40. The van der Waals surface area contributed by atoms with E-state index in [1.807, 2.05) is 0 Å². The Bertz CT molecular complexity index is 367.